The molecule has 2 aromatic carbocycles. The van der Waals surface area contributed by atoms with Gasteiger partial charge >= 0.3 is 5.97 Å². The van der Waals surface area contributed by atoms with Crippen molar-refractivity contribution in [3.05, 3.63) is 56.3 Å². The number of esters is 1. The van der Waals surface area contributed by atoms with Gasteiger partial charge in [-0.1, -0.05) is 11.6 Å². The number of hydrogen-bond donors (Lipinski definition) is 3. The van der Waals surface area contributed by atoms with Crippen LogP contribution in [0.4, 0.5) is 0 Å². The zero-order chi connectivity index (χ0) is 25.2. The quantitative estimate of drug-likeness (QED) is 0.263. The van der Waals surface area contributed by atoms with Crippen molar-refractivity contribution < 1.29 is 22.5 Å². The van der Waals surface area contributed by atoms with Crippen LogP contribution in [0.5, 0.6) is 0 Å². The van der Waals surface area contributed by atoms with Gasteiger partial charge in [-0.15, -0.1) is 0 Å². The zero-order valence-corrected chi connectivity index (χ0v) is 21.0. The summed E-state index contributed by atoms with van der Waals surface area (Å²) in [6, 6.07) is 7.42. The van der Waals surface area contributed by atoms with Crippen LogP contribution < -0.4 is 5.43 Å². The van der Waals surface area contributed by atoms with Gasteiger partial charge in [-0.2, -0.15) is 8.42 Å². The number of aryl methyl sites for hydroxylation is 3. The molecule has 0 fully saturated rings. The van der Waals surface area contributed by atoms with Gasteiger partial charge in [-0.25, -0.2) is 0 Å². The second-order valence-corrected chi connectivity index (χ2v) is 10.0. The number of fused-ring (bicyclic) bond motifs is 4. The number of halogens is 1. The lowest BCUT2D eigenvalue weighted by Crippen LogP contribution is -2.09. The summed E-state index contributed by atoms with van der Waals surface area (Å²) in [6.07, 6.45) is 2.29. The fourth-order valence-corrected chi connectivity index (χ4v) is 4.31. The standard InChI is InChI=1S/C23H23ClN2O3.CH4O3S/c1-4-29-19(28)7-5-6-15-11-18(27)21-13(3)22-20(12(2)23(21)25-15)16-10-14(24)8-9-17(16)26-22;1-5(2,3)4/h8-11,26H,4-7H2,1-3H3,(H,25,27);1H3,(H,2,3,4). The highest BCUT2D eigenvalue weighted by Crippen LogP contribution is 2.35. The Balaban J connectivity index is 0.000000588. The molecular formula is C24H27ClN2O6S. The molecule has 10 heteroatoms. The van der Waals surface area contributed by atoms with Crippen LogP contribution in [-0.4, -0.2) is 41.8 Å². The third-order valence-corrected chi connectivity index (χ3v) is 5.72. The minimum atomic E-state index is -3.67. The molecule has 0 aliphatic heterocycles. The molecule has 34 heavy (non-hydrogen) atoms. The monoisotopic (exact) mass is 506 g/mol. The number of carbonyl (C=O) groups is 1. The van der Waals surface area contributed by atoms with Crippen LogP contribution in [-0.2, 0) is 26.1 Å². The molecule has 4 aromatic rings. The van der Waals surface area contributed by atoms with E-state index < -0.39 is 10.1 Å². The van der Waals surface area contributed by atoms with Crippen molar-refractivity contribution in [3.8, 4) is 0 Å². The van der Waals surface area contributed by atoms with Crippen LogP contribution in [0, 0.1) is 13.8 Å². The highest BCUT2D eigenvalue weighted by molar-refractivity contribution is 7.85. The molecule has 0 bridgehead atoms. The molecule has 2 aromatic heterocycles. The molecule has 0 aliphatic carbocycles. The third kappa shape index (κ3) is 5.78. The molecule has 0 radical (unpaired) electrons. The Morgan fingerprint density at radius 2 is 1.71 bits per heavy atom. The summed E-state index contributed by atoms with van der Waals surface area (Å²) in [5.74, 6) is -0.208. The maximum atomic E-state index is 12.9. The molecule has 0 spiro atoms. The highest BCUT2D eigenvalue weighted by Gasteiger charge is 2.17. The number of rotatable bonds is 5. The average molecular weight is 507 g/mol. The number of ether oxygens (including phenoxy) is 1. The van der Waals surface area contributed by atoms with E-state index >= 15 is 0 Å². The van der Waals surface area contributed by atoms with Crippen LogP contribution >= 0.6 is 11.6 Å². The Kier molecular flexibility index (Phi) is 7.70. The second kappa shape index (κ2) is 10.2. The van der Waals surface area contributed by atoms with Crippen molar-refractivity contribution in [3.63, 3.8) is 0 Å². The molecule has 2 heterocycles. The van der Waals surface area contributed by atoms with Gasteiger partial charge < -0.3 is 14.7 Å². The van der Waals surface area contributed by atoms with Gasteiger partial charge in [-0.05, 0) is 62.9 Å². The first-order valence-electron chi connectivity index (χ1n) is 10.7. The van der Waals surface area contributed by atoms with E-state index in [1.165, 1.54) is 0 Å². The van der Waals surface area contributed by atoms with E-state index in [-0.39, 0.29) is 11.4 Å². The van der Waals surface area contributed by atoms with Gasteiger partial charge in [0.25, 0.3) is 10.1 Å². The Hall–Kier alpha value is -2.88. The zero-order valence-electron chi connectivity index (χ0n) is 19.4. The first-order valence-corrected chi connectivity index (χ1v) is 13.0. The number of aromatic amines is 2. The minimum absolute atomic E-state index is 0.0101. The first kappa shape index (κ1) is 25.7. The lowest BCUT2D eigenvalue weighted by molar-refractivity contribution is -0.143. The van der Waals surface area contributed by atoms with Crippen LogP contribution in [0.15, 0.2) is 29.1 Å². The van der Waals surface area contributed by atoms with Gasteiger partial charge in [-0.3, -0.25) is 14.1 Å². The Morgan fingerprint density at radius 1 is 1.09 bits per heavy atom. The molecule has 3 N–H and O–H groups in total. The Bertz CT molecular complexity index is 1550. The number of pyridine rings is 1. The molecule has 0 atom stereocenters. The second-order valence-electron chi connectivity index (χ2n) is 8.12. The van der Waals surface area contributed by atoms with E-state index in [9.17, 15) is 18.0 Å². The number of benzene rings is 2. The van der Waals surface area contributed by atoms with Gasteiger partial charge in [0.05, 0.1) is 29.3 Å². The molecule has 0 saturated heterocycles. The lowest BCUT2D eigenvalue weighted by atomic mass is 9.98. The smallest absolute Gasteiger partial charge is 0.305 e. The Labute approximate surface area is 202 Å². The molecule has 182 valence electrons. The van der Waals surface area contributed by atoms with Crippen LogP contribution in [0.2, 0.25) is 5.02 Å². The molecule has 0 aliphatic rings. The number of hydrogen-bond acceptors (Lipinski definition) is 5. The summed E-state index contributed by atoms with van der Waals surface area (Å²) < 4.78 is 30.8. The van der Waals surface area contributed by atoms with Crippen LogP contribution in [0.25, 0.3) is 32.7 Å². The van der Waals surface area contributed by atoms with Crippen molar-refractivity contribution >= 4 is 60.4 Å². The normalized spacial score (nSPS) is 11.6. The van der Waals surface area contributed by atoms with Gasteiger partial charge in [0, 0.05) is 39.5 Å². The number of H-pyrrole nitrogens is 2. The summed E-state index contributed by atoms with van der Waals surface area (Å²) in [6.45, 7) is 6.17. The van der Waals surface area contributed by atoms with Crippen molar-refractivity contribution in [2.75, 3.05) is 12.9 Å². The summed E-state index contributed by atoms with van der Waals surface area (Å²) in [5, 5.41) is 3.49. The van der Waals surface area contributed by atoms with Crippen molar-refractivity contribution in [2.45, 2.75) is 40.0 Å². The summed E-state index contributed by atoms with van der Waals surface area (Å²) in [7, 11) is -3.67. The van der Waals surface area contributed by atoms with E-state index in [1.807, 2.05) is 32.0 Å². The lowest BCUT2D eigenvalue weighted by Gasteiger charge is -2.11. The highest BCUT2D eigenvalue weighted by atomic mass is 35.5. The van der Waals surface area contributed by atoms with Gasteiger partial charge in [0.15, 0.2) is 5.43 Å². The average Bonchev–Trinajstić information content (AvgIpc) is 3.10. The molecule has 8 nitrogen and oxygen atoms in total. The van der Waals surface area contributed by atoms with Crippen LogP contribution in [0.1, 0.15) is 36.6 Å². The minimum Gasteiger partial charge on any atom is -0.466 e. The molecule has 0 saturated carbocycles. The largest absolute Gasteiger partial charge is 0.466 e. The maximum Gasteiger partial charge on any atom is 0.305 e. The van der Waals surface area contributed by atoms with Crippen molar-refractivity contribution in [1.82, 2.24) is 9.97 Å². The van der Waals surface area contributed by atoms with Gasteiger partial charge in [0.1, 0.15) is 0 Å². The summed E-state index contributed by atoms with van der Waals surface area (Å²) in [4.78, 5) is 31.4. The van der Waals surface area contributed by atoms with E-state index in [0.29, 0.717) is 42.5 Å². The SMILES string of the molecule is CCOC(=O)CCCc1cc(=O)c2c(C)c3[nH]c4ccc(Cl)cc4c3c(C)c2[nH]1.CS(=O)(=O)O. The topological polar surface area (TPSA) is 129 Å². The molecular weight excluding hydrogens is 480 g/mol. The predicted octanol–water partition coefficient (Wildman–Crippen LogP) is 4.82. The fourth-order valence-electron chi connectivity index (χ4n) is 4.14. The van der Waals surface area contributed by atoms with E-state index in [1.54, 1.807) is 13.0 Å². The van der Waals surface area contributed by atoms with Crippen molar-refractivity contribution in [1.29, 1.82) is 0 Å². The summed E-state index contributed by atoms with van der Waals surface area (Å²) in [5.41, 5.74) is 5.55. The van der Waals surface area contributed by atoms with Crippen molar-refractivity contribution in [2.24, 2.45) is 0 Å². The molecule has 4 rings (SSSR count). The maximum absolute atomic E-state index is 12.9. The van der Waals surface area contributed by atoms with E-state index in [4.69, 9.17) is 20.9 Å². The number of carbonyl (C=O) groups excluding carboxylic acids is 1. The number of aromatic nitrogens is 2. The van der Waals surface area contributed by atoms with E-state index in [0.717, 1.165) is 44.1 Å². The van der Waals surface area contributed by atoms with Gasteiger partial charge in [0.2, 0.25) is 0 Å². The van der Waals surface area contributed by atoms with E-state index in [2.05, 4.69) is 9.97 Å². The summed E-state index contributed by atoms with van der Waals surface area (Å²) >= 11 is 6.23. The Morgan fingerprint density at radius 3 is 2.35 bits per heavy atom. The predicted molar refractivity (Wildman–Crippen MR) is 135 cm³/mol. The fraction of sp³-hybridized carbons (Fsp3) is 0.333. The molecule has 0 amide bonds. The molecule has 0 unspecified atom stereocenters. The third-order valence-electron chi connectivity index (χ3n) is 5.48. The van der Waals surface area contributed by atoms with Crippen LogP contribution in [0.3, 0.4) is 0 Å². The first-order chi connectivity index (χ1) is 15.9. The number of nitrogens with one attached hydrogen (secondary N) is 2.